The Balaban J connectivity index is 0.00000180. The Morgan fingerprint density at radius 1 is 1.53 bits per heavy atom. The number of hydrogen-bond donors (Lipinski definition) is 1. The quantitative estimate of drug-likeness (QED) is 0.904. The number of nitrogens with one attached hydrogen (secondary N) is 1. The number of aryl methyl sites for hydroxylation is 2. The second kappa shape index (κ2) is 6.65. The van der Waals surface area contributed by atoms with E-state index in [-0.39, 0.29) is 18.3 Å². The number of rotatable bonds is 3. The van der Waals surface area contributed by atoms with E-state index in [1.54, 1.807) is 17.9 Å². The van der Waals surface area contributed by atoms with Gasteiger partial charge in [0.15, 0.2) is 4.80 Å². The van der Waals surface area contributed by atoms with Crippen molar-refractivity contribution < 1.29 is 4.79 Å². The van der Waals surface area contributed by atoms with Gasteiger partial charge in [0.1, 0.15) is 6.04 Å². The predicted molar refractivity (Wildman–Crippen MR) is 76.1 cm³/mol. The summed E-state index contributed by atoms with van der Waals surface area (Å²) < 4.78 is 3.48. The summed E-state index contributed by atoms with van der Waals surface area (Å²) in [6.07, 6.45) is 5.35. The monoisotopic (exact) mass is 301 g/mol. The first-order valence-electron chi connectivity index (χ1n) is 5.46. The lowest BCUT2D eigenvalue weighted by molar-refractivity contribution is -0.120. The lowest BCUT2D eigenvalue weighted by Crippen LogP contribution is -2.26. The first-order chi connectivity index (χ1) is 8.61. The first kappa shape index (κ1) is 15.6. The lowest BCUT2D eigenvalue weighted by Gasteiger charge is -2.09. The molecule has 0 bridgehead atoms. The van der Waals surface area contributed by atoms with Gasteiger partial charge >= 0.3 is 0 Å². The van der Waals surface area contributed by atoms with E-state index >= 15 is 0 Å². The van der Waals surface area contributed by atoms with Crippen molar-refractivity contribution in [2.75, 3.05) is 7.05 Å². The molecule has 6 nitrogen and oxygen atoms in total. The Labute approximate surface area is 121 Å². The number of carbonyl (C=O) groups excluding carboxylic acids is 1. The summed E-state index contributed by atoms with van der Waals surface area (Å²) in [4.78, 5) is 16.9. The van der Waals surface area contributed by atoms with Crippen molar-refractivity contribution in [2.45, 2.75) is 6.04 Å². The van der Waals surface area contributed by atoms with Gasteiger partial charge in [-0.3, -0.25) is 9.48 Å². The second-order valence-electron chi connectivity index (χ2n) is 3.92. The van der Waals surface area contributed by atoms with E-state index < -0.39 is 6.04 Å². The van der Waals surface area contributed by atoms with Crippen LogP contribution in [0.1, 0.15) is 11.6 Å². The zero-order chi connectivity index (χ0) is 13.1. The average Bonchev–Trinajstić information content (AvgIpc) is 2.91. The van der Waals surface area contributed by atoms with Gasteiger partial charge in [0, 0.05) is 37.4 Å². The number of likely N-dealkylation sites (N-methyl/N-ethyl adjacent to an activating group) is 1. The van der Waals surface area contributed by atoms with Crippen LogP contribution < -0.4 is 10.1 Å². The summed E-state index contributed by atoms with van der Waals surface area (Å²) in [5.41, 5.74) is 0.813. The fourth-order valence-electron chi connectivity index (χ4n) is 1.62. The van der Waals surface area contributed by atoms with Crippen molar-refractivity contribution in [3.63, 3.8) is 0 Å². The molecule has 0 aliphatic rings. The van der Waals surface area contributed by atoms with Crippen LogP contribution in [0, 0.1) is 0 Å². The van der Waals surface area contributed by atoms with Crippen molar-refractivity contribution in [3.8, 4) is 0 Å². The van der Waals surface area contributed by atoms with Gasteiger partial charge in [-0.2, -0.15) is 10.1 Å². The fraction of sp³-hybridized carbons (Fsp3) is 0.364. The van der Waals surface area contributed by atoms with Gasteiger partial charge in [-0.25, -0.2) is 0 Å². The van der Waals surface area contributed by atoms with Crippen LogP contribution >= 0.6 is 23.7 Å². The number of aromatic nitrogens is 3. The van der Waals surface area contributed by atoms with Gasteiger partial charge < -0.3 is 9.88 Å². The molecular weight excluding hydrogens is 286 g/mol. The van der Waals surface area contributed by atoms with Crippen molar-refractivity contribution >= 4 is 29.7 Å². The molecule has 8 heteroatoms. The molecule has 0 radical (unpaired) electrons. The summed E-state index contributed by atoms with van der Waals surface area (Å²) in [6.45, 7) is 0. The van der Waals surface area contributed by atoms with Gasteiger partial charge in [-0.1, -0.05) is 0 Å². The molecule has 19 heavy (non-hydrogen) atoms. The maximum Gasteiger partial charge on any atom is 0.270 e. The van der Waals surface area contributed by atoms with Crippen LogP contribution in [0.2, 0.25) is 0 Å². The topological polar surface area (TPSA) is 64.2 Å². The van der Waals surface area contributed by atoms with Crippen LogP contribution in [0.25, 0.3) is 0 Å². The molecule has 0 fully saturated rings. The van der Waals surface area contributed by atoms with E-state index in [4.69, 9.17) is 0 Å². The first-order valence-corrected chi connectivity index (χ1v) is 6.34. The zero-order valence-corrected chi connectivity index (χ0v) is 12.5. The maximum atomic E-state index is 12.1. The number of hydrogen-bond acceptors (Lipinski definition) is 4. The summed E-state index contributed by atoms with van der Waals surface area (Å²) in [5.74, 6) is -0.219. The zero-order valence-electron chi connectivity index (χ0n) is 10.9. The third-order valence-electron chi connectivity index (χ3n) is 2.56. The van der Waals surface area contributed by atoms with Gasteiger partial charge in [0.2, 0.25) is 0 Å². The highest BCUT2D eigenvalue weighted by Crippen LogP contribution is 2.12. The Hall–Kier alpha value is -1.44. The summed E-state index contributed by atoms with van der Waals surface area (Å²) in [6, 6.07) is -0.458. The molecule has 1 unspecified atom stereocenters. The average molecular weight is 302 g/mol. The van der Waals surface area contributed by atoms with E-state index in [9.17, 15) is 4.79 Å². The fourth-order valence-corrected chi connectivity index (χ4v) is 2.35. The maximum absolute atomic E-state index is 12.1. The number of nitrogens with zero attached hydrogens (tertiary/aromatic N) is 4. The summed E-state index contributed by atoms with van der Waals surface area (Å²) in [7, 11) is 5.41. The third kappa shape index (κ3) is 3.52. The van der Waals surface area contributed by atoms with E-state index in [0.717, 1.165) is 5.56 Å². The molecule has 0 aliphatic carbocycles. The molecule has 1 amide bonds. The van der Waals surface area contributed by atoms with E-state index in [1.165, 1.54) is 11.3 Å². The molecule has 0 aliphatic heterocycles. The minimum absolute atomic E-state index is 0. The van der Waals surface area contributed by atoms with E-state index in [0.29, 0.717) is 4.80 Å². The highest BCUT2D eigenvalue weighted by atomic mass is 35.5. The Bertz CT molecular complexity index is 614. The number of thiazole rings is 1. The van der Waals surface area contributed by atoms with Crippen molar-refractivity contribution in [3.05, 3.63) is 34.3 Å². The minimum Gasteiger partial charge on any atom is -0.327 e. The predicted octanol–water partition coefficient (Wildman–Crippen LogP) is 0.630. The van der Waals surface area contributed by atoms with Crippen molar-refractivity contribution in [2.24, 2.45) is 19.1 Å². The molecule has 1 atom stereocenters. The van der Waals surface area contributed by atoms with Crippen molar-refractivity contribution in [1.82, 2.24) is 19.7 Å². The molecular formula is C11H16ClN5OS. The Morgan fingerprint density at radius 2 is 2.26 bits per heavy atom. The lowest BCUT2D eigenvalue weighted by atomic mass is 10.1. The van der Waals surface area contributed by atoms with Gasteiger partial charge in [-0.15, -0.1) is 23.7 Å². The van der Waals surface area contributed by atoms with Gasteiger partial charge in [0.05, 0.1) is 6.20 Å². The minimum atomic E-state index is -0.458. The Morgan fingerprint density at radius 3 is 2.74 bits per heavy atom. The van der Waals surface area contributed by atoms with Crippen LogP contribution in [0.4, 0.5) is 0 Å². The highest BCUT2D eigenvalue weighted by Gasteiger charge is 2.19. The molecule has 1 N–H and O–H groups in total. The molecule has 0 spiro atoms. The van der Waals surface area contributed by atoms with Crippen molar-refractivity contribution in [1.29, 1.82) is 0 Å². The molecule has 2 heterocycles. The molecule has 2 aromatic rings. The normalized spacial score (nSPS) is 13.1. The van der Waals surface area contributed by atoms with Crippen LogP contribution in [-0.4, -0.2) is 27.3 Å². The molecule has 0 aromatic carbocycles. The largest absolute Gasteiger partial charge is 0.327 e. The van der Waals surface area contributed by atoms with Crippen LogP contribution in [-0.2, 0) is 18.9 Å². The summed E-state index contributed by atoms with van der Waals surface area (Å²) in [5, 5.41) is 8.92. The molecule has 0 saturated carbocycles. The molecule has 0 saturated heterocycles. The standard InChI is InChI=1S/C11H15N5OS.ClH/c1-12-9(8-6-13-16(3)7-8)10(17)14-11-15(2)4-5-18-11;/h4-7,9,12H,1-3H3;1H. The second-order valence-corrected chi connectivity index (χ2v) is 4.79. The van der Waals surface area contributed by atoms with Crippen LogP contribution in [0.5, 0.6) is 0 Å². The number of carbonyl (C=O) groups is 1. The molecule has 2 aromatic heterocycles. The van der Waals surface area contributed by atoms with E-state index in [1.807, 2.05) is 36.4 Å². The number of amides is 1. The smallest absolute Gasteiger partial charge is 0.270 e. The van der Waals surface area contributed by atoms with Gasteiger partial charge in [-0.05, 0) is 7.05 Å². The Kier molecular flexibility index (Phi) is 5.46. The molecule has 2 rings (SSSR count). The highest BCUT2D eigenvalue weighted by molar-refractivity contribution is 7.07. The third-order valence-corrected chi connectivity index (χ3v) is 3.41. The van der Waals surface area contributed by atoms with Crippen LogP contribution in [0.15, 0.2) is 29.0 Å². The van der Waals surface area contributed by atoms with Gasteiger partial charge in [0.25, 0.3) is 5.91 Å². The van der Waals surface area contributed by atoms with Crippen LogP contribution in [0.3, 0.4) is 0 Å². The number of halogens is 1. The molecule has 104 valence electrons. The van der Waals surface area contributed by atoms with E-state index in [2.05, 4.69) is 15.4 Å². The summed E-state index contributed by atoms with van der Waals surface area (Å²) >= 11 is 1.43. The SMILES string of the molecule is CNC(C(=O)N=c1sccn1C)c1cnn(C)c1.Cl.